The van der Waals surface area contributed by atoms with Crippen LogP contribution in [-0.4, -0.2) is 37.1 Å². The van der Waals surface area contributed by atoms with Crippen molar-refractivity contribution in [2.24, 2.45) is 0 Å². The van der Waals surface area contributed by atoms with Crippen LogP contribution in [0.4, 0.5) is 25.0 Å². The van der Waals surface area contributed by atoms with Crippen molar-refractivity contribution in [2.75, 3.05) is 36.4 Å². The van der Waals surface area contributed by atoms with Gasteiger partial charge in [0.25, 0.3) is 0 Å². The lowest BCUT2D eigenvalue weighted by Gasteiger charge is -2.36. The van der Waals surface area contributed by atoms with E-state index in [0.717, 1.165) is 22.3 Å². The van der Waals surface area contributed by atoms with Gasteiger partial charge in [0.1, 0.15) is 17.3 Å². The van der Waals surface area contributed by atoms with E-state index in [9.17, 15) is 13.6 Å². The van der Waals surface area contributed by atoms with Crippen LogP contribution in [-0.2, 0) is 0 Å². The minimum absolute atomic E-state index is 0.407. The van der Waals surface area contributed by atoms with E-state index in [-0.39, 0.29) is 0 Å². The Hall–Kier alpha value is -2.15. The summed E-state index contributed by atoms with van der Waals surface area (Å²) in [6, 6.07) is 10.9. The Labute approximate surface area is 147 Å². The molecule has 1 aliphatic heterocycles. The number of para-hydroxylation sites is 2. The predicted molar refractivity (Wildman–Crippen MR) is 93.3 cm³/mol. The molecule has 1 saturated heterocycles. The first kappa shape index (κ1) is 16.7. The van der Waals surface area contributed by atoms with Gasteiger partial charge >= 0.3 is 6.03 Å². The molecule has 2 aromatic carbocycles. The number of amides is 2. The third-order valence-corrected chi connectivity index (χ3v) is 4.63. The lowest BCUT2D eigenvalue weighted by molar-refractivity contribution is 0.208. The third kappa shape index (κ3) is 3.51. The average molecular weight is 396 g/mol. The molecule has 1 aliphatic rings. The quantitative estimate of drug-likeness (QED) is 0.831. The number of nitrogens with zero attached hydrogens (tertiary/aromatic N) is 2. The van der Waals surface area contributed by atoms with Gasteiger partial charge in [-0.15, -0.1) is 0 Å². The van der Waals surface area contributed by atoms with Gasteiger partial charge in [-0.2, -0.15) is 0 Å². The number of nitrogens with one attached hydrogen (secondary N) is 1. The second kappa shape index (κ2) is 7.17. The molecule has 7 heteroatoms. The number of hydrogen-bond acceptors (Lipinski definition) is 2. The topological polar surface area (TPSA) is 35.6 Å². The summed E-state index contributed by atoms with van der Waals surface area (Å²) in [6.45, 7) is 2.25. The van der Waals surface area contributed by atoms with Crippen molar-refractivity contribution < 1.29 is 13.6 Å². The van der Waals surface area contributed by atoms with Gasteiger partial charge in [0.15, 0.2) is 0 Å². The number of carbonyl (C=O) groups is 1. The summed E-state index contributed by atoms with van der Waals surface area (Å²) in [5.74, 6) is -1.56. The summed E-state index contributed by atoms with van der Waals surface area (Å²) in [4.78, 5) is 16.0. The number of urea groups is 1. The van der Waals surface area contributed by atoms with Crippen LogP contribution in [0, 0.1) is 11.6 Å². The van der Waals surface area contributed by atoms with E-state index in [4.69, 9.17) is 0 Å². The lowest BCUT2D eigenvalue weighted by Crippen LogP contribution is -2.50. The Morgan fingerprint density at radius 3 is 2.21 bits per heavy atom. The number of carbonyl (C=O) groups excluding carboxylic acids is 1. The molecule has 126 valence electrons. The Kier molecular flexibility index (Phi) is 4.99. The SMILES string of the molecule is O=C(Nc1c(F)cccc1F)N1CCN(c2ccccc2Br)CC1. The van der Waals surface area contributed by atoms with E-state index in [0.29, 0.717) is 26.2 Å². The van der Waals surface area contributed by atoms with Crippen LogP contribution in [0.15, 0.2) is 46.9 Å². The van der Waals surface area contributed by atoms with E-state index in [1.54, 1.807) is 4.90 Å². The summed E-state index contributed by atoms with van der Waals surface area (Å²) in [7, 11) is 0. The summed E-state index contributed by atoms with van der Waals surface area (Å²) >= 11 is 3.52. The molecule has 2 amide bonds. The Balaban J connectivity index is 1.62. The highest BCUT2D eigenvalue weighted by Crippen LogP contribution is 2.26. The molecule has 0 radical (unpaired) electrons. The van der Waals surface area contributed by atoms with Crippen LogP contribution in [0.5, 0.6) is 0 Å². The Morgan fingerprint density at radius 1 is 0.958 bits per heavy atom. The molecule has 1 fully saturated rings. The molecule has 0 atom stereocenters. The van der Waals surface area contributed by atoms with Crippen LogP contribution in [0.25, 0.3) is 0 Å². The normalized spacial score (nSPS) is 14.6. The van der Waals surface area contributed by atoms with Crippen molar-refractivity contribution >= 4 is 33.3 Å². The summed E-state index contributed by atoms with van der Waals surface area (Å²) in [6.07, 6.45) is 0. The first-order chi connectivity index (χ1) is 11.6. The second-order valence-corrected chi connectivity index (χ2v) is 6.31. The molecule has 0 saturated carbocycles. The van der Waals surface area contributed by atoms with Crippen molar-refractivity contribution in [3.05, 3.63) is 58.6 Å². The minimum atomic E-state index is -0.782. The van der Waals surface area contributed by atoms with Crippen LogP contribution >= 0.6 is 15.9 Å². The molecule has 0 unspecified atom stereocenters. The molecule has 0 bridgehead atoms. The van der Waals surface area contributed by atoms with Crippen molar-refractivity contribution in [3.63, 3.8) is 0 Å². The number of anilines is 2. The number of piperazine rings is 1. The zero-order valence-electron chi connectivity index (χ0n) is 12.8. The molecule has 2 aromatic rings. The highest BCUT2D eigenvalue weighted by Gasteiger charge is 2.23. The second-order valence-electron chi connectivity index (χ2n) is 5.45. The summed E-state index contributed by atoms with van der Waals surface area (Å²) in [5, 5.41) is 2.32. The molecule has 24 heavy (non-hydrogen) atoms. The van der Waals surface area contributed by atoms with E-state index >= 15 is 0 Å². The molecule has 3 rings (SSSR count). The van der Waals surface area contributed by atoms with Gasteiger partial charge in [0.2, 0.25) is 0 Å². The van der Waals surface area contributed by atoms with E-state index in [1.807, 2.05) is 24.3 Å². The van der Waals surface area contributed by atoms with Crippen molar-refractivity contribution in [1.82, 2.24) is 4.90 Å². The fourth-order valence-electron chi connectivity index (χ4n) is 2.66. The monoisotopic (exact) mass is 395 g/mol. The third-order valence-electron chi connectivity index (χ3n) is 3.95. The molecule has 0 aliphatic carbocycles. The fraction of sp³-hybridized carbons (Fsp3) is 0.235. The molecular formula is C17H16BrF2N3O. The largest absolute Gasteiger partial charge is 0.367 e. The predicted octanol–water partition coefficient (Wildman–Crippen LogP) is 4.08. The highest BCUT2D eigenvalue weighted by atomic mass is 79.9. The average Bonchev–Trinajstić information content (AvgIpc) is 2.59. The van der Waals surface area contributed by atoms with Crippen molar-refractivity contribution in [1.29, 1.82) is 0 Å². The van der Waals surface area contributed by atoms with E-state index < -0.39 is 23.4 Å². The van der Waals surface area contributed by atoms with E-state index in [1.165, 1.54) is 6.07 Å². The maximum atomic E-state index is 13.6. The number of halogens is 3. The van der Waals surface area contributed by atoms with Crippen molar-refractivity contribution in [2.45, 2.75) is 0 Å². The summed E-state index contributed by atoms with van der Waals surface area (Å²) in [5.41, 5.74) is 0.661. The molecule has 4 nitrogen and oxygen atoms in total. The van der Waals surface area contributed by atoms with Gasteiger partial charge in [0, 0.05) is 30.7 Å². The Morgan fingerprint density at radius 2 is 1.58 bits per heavy atom. The van der Waals surface area contributed by atoms with Crippen LogP contribution in [0.1, 0.15) is 0 Å². The molecule has 1 heterocycles. The van der Waals surface area contributed by atoms with Crippen LogP contribution < -0.4 is 10.2 Å². The van der Waals surface area contributed by atoms with Crippen LogP contribution in [0.2, 0.25) is 0 Å². The van der Waals surface area contributed by atoms with Gasteiger partial charge in [-0.3, -0.25) is 0 Å². The lowest BCUT2D eigenvalue weighted by atomic mass is 10.2. The molecule has 1 N–H and O–H groups in total. The molecular weight excluding hydrogens is 380 g/mol. The van der Waals surface area contributed by atoms with Crippen LogP contribution in [0.3, 0.4) is 0 Å². The van der Waals surface area contributed by atoms with E-state index in [2.05, 4.69) is 26.1 Å². The molecule has 0 spiro atoms. The fourth-order valence-corrected chi connectivity index (χ4v) is 3.20. The van der Waals surface area contributed by atoms with Gasteiger partial charge in [0.05, 0.1) is 5.69 Å². The maximum Gasteiger partial charge on any atom is 0.322 e. The van der Waals surface area contributed by atoms with Gasteiger partial charge in [-0.25, -0.2) is 13.6 Å². The first-order valence-electron chi connectivity index (χ1n) is 7.55. The highest BCUT2D eigenvalue weighted by molar-refractivity contribution is 9.10. The van der Waals surface area contributed by atoms with Gasteiger partial charge in [-0.05, 0) is 40.2 Å². The maximum absolute atomic E-state index is 13.6. The van der Waals surface area contributed by atoms with Gasteiger partial charge < -0.3 is 15.1 Å². The first-order valence-corrected chi connectivity index (χ1v) is 8.35. The zero-order chi connectivity index (χ0) is 17.1. The van der Waals surface area contributed by atoms with Crippen molar-refractivity contribution in [3.8, 4) is 0 Å². The molecule has 0 aromatic heterocycles. The van der Waals surface area contributed by atoms with Gasteiger partial charge in [-0.1, -0.05) is 18.2 Å². The summed E-state index contributed by atoms with van der Waals surface area (Å²) < 4.78 is 28.2. The Bertz CT molecular complexity index is 728. The standard InChI is InChI=1S/C17H16BrF2N3O/c18-12-4-1-2-7-15(12)22-8-10-23(11-9-22)17(24)21-16-13(19)5-3-6-14(16)20/h1-7H,8-11H2,(H,21,24). The minimum Gasteiger partial charge on any atom is -0.367 e. The number of hydrogen-bond donors (Lipinski definition) is 1. The zero-order valence-corrected chi connectivity index (χ0v) is 14.4. The number of rotatable bonds is 2. The number of benzene rings is 2. The smallest absolute Gasteiger partial charge is 0.322 e.